The first-order chi connectivity index (χ1) is 11.0. The van der Waals surface area contributed by atoms with Crippen LogP contribution in [0.5, 0.6) is 0 Å². The van der Waals surface area contributed by atoms with E-state index in [0.29, 0.717) is 5.82 Å². The number of nitrogens with zero attached hydrogens (tertiary/aromatic N) is 4. The van der Waals surface area contributed by atoms with Crippen LogP contribution in [-0.2, 0) is 12.6 Å². The van der Waals surface area contributed by atoms with Gasteiger partial charge in [-0.25, -0.2) is 0 Å². The molecule has 8 heteroatoms. The topological polar surface area (TPSA) is 55.1 Å². The Morgan fingerprint density at radius 2 is 1.91 bits per heavy atom. The first kappa shape index (κ1) is 14.0. The third-order valence-corrected chi connectivity index (χ3v) is 3.97. The first-order valence-corrected chi connectivity index (χ1v) is 7.16. The van der Waals surface area contributed by atoms with Crippen molar-refractivity contribution in [3.05, 3.63) is 53.3 Å². The zero-order valence-corrected chi connectivity index (χ0v) is 11.9. The Morgan fingerprint density at radius 1 is 1.09 bits per heavy atom. The largest absolute Gasteiger partial charge is 0.453 e. The van der Waals surface area contributed by atoms with E-state index in [1.807, 2.05) is 18.2 Å². The van der Waals surface area contributed by atoms with E-state index in [2.05, 4.69) is 26.7 Å². The van der Waals surface area contributed by atoms with E-state index in [1.165, 1.54) is 11.6 Å². The molecule has 0 bridgehead atoms. The number of fused-ring (bicyclic) bond motifs is 2. The maximum atomic E-state index is 12.9. The van der Waals surface area contributed by atoms with Crippen molar-refractivity contribution in [2.24, 2.45) is 0 Å². The molecule has 23 heavy (non-hydrogen) atoms. The van der Waals surface area contributed by atoms with Crippen LogP contribution >= 0.6 is 0 Å². The molecular weight excluding hydrogens is 307 g/mol. The number of benzene rings is 1. The number of hydrogen-bond donors (Lipinski definition) is 1. The van der Waals surface area contributed by atoms with Crippen LogP contribution in [0.15, 0.2) is 36.4 Å². The van der Waals surface area contributed by atoms with Crippen LogP contribution in [0.25, 0.3) is 5.65 Å². The maximum absolute atomic E-state index is 12.9. The van der Waals surface area contributed by atoms with Crippen LogP contribution in [0.4, 0.5) is 19.0 Å². The highest BCUT2D eigenvalue weighted by molar-refractivity contribution is 5.47. The lowest BCUT2D eigenvalue weighted by Gasteiger charge is -2.15. The molecule has 118 valence electrons. The monoisotopic (exact) mass is 319 g/mol. The summed E-state index contributed by atoms with van der Waals surface area (Å²) in [7, 11) is 0. The number of aromatic nitrogens is 4. The summed E-state index contributed by atoms with van der Waals surface area (Å²) >= 11 is 0. The SMILES string of the molecule is FC(F)(F)c1nnc2ccc(N[C@H]3CCc4ccccc43)nn12. The minimum Gasteiger partial charge on any atom is -0.362 e. The van der Waals surface area contributed by atoms with Gasteiger partial charge in [0.1, 0.15) is 5.82 Å². The molecule has 5 nitrogen and oxygen atoms in total. The molecule has 0 unspecified atom stereocenters. The molecule has 0 aliphatic heterocycles. The third-order valence-electron chi connectivity index (χ3n) is 3.97. The second kappa shape index (κ2) is 4.94. The Morgan fingerprint density at radius 3 is 2.74 bits per heavy atom. The zero-order chi connectivity index (χ0) is 16.0. The van der Waals surface area contributed by atoms with Crippen molar-refractivity contribution in [3.63, 3.8) is 0 Å². The van der Waals surface area contributed by atoms with E-state index in [4.69, 9.17) is 0 Å². The summed E-state index contributed by atoms with van der Waals surface area (Å²) in [5, 5.41) is 13.9. The van der Waals surface area contributed by atoms with Crippen LogP contribution < -0.4 is 5.32 Å². The van der Waals surface area contributed by atoms with Gasteiger partial charge in [-0.2, -0.15) is 17.7 Å². The van der Waals surface area contributed by atoms with Gasteiger partial charge in [0.05, 0.1) is 6.04 Å². The van der Waals surface area contributed by atoms with Crippen molar-refractivity contribution < 1.29 is 13.2 Å². The lowest BCUT2D eigenvalue weighted by molar-refractivity contribution is -0.146. The predicted molar refractivity (Wildman–Crippen MR) is 76.9 cm³/mol. The normalized spacial score (nSPS) is 17.4. The number of nitrogens with one attached hydrogen (secondary N) is 1. The fourth-order valence-corrected chi connectivity index (χ4v) is 2.93. The van der Waals surface area contributed by atoms with Gasteiger partial charge >= 0.3 is 6.18 Å². The maximum Gasteiger partial charge on any atom is 0.453 e. The van der Waals surface area contributed by atoms with E-state index < -0.39 is 12.0 Å². The van der Waals surface area contributed by atoms with Crippen LogP contribution in [0, 0.1) is 0 Å². The molecule has 3 aromatic rings. The quantitative estimate of drug-likeness (QED) is 0.788. The van der Waals surface area contributed by atoms with Gasteiger partial charge < -0.3 is 5.32 Å². The van der Waals surface area contributed by atoms with Crippen molar-refractivity contribution in [3.8, 4) is 0 Å². The van der Waals surface area contributed by atoms with Crippen molar-refractivity contribution in [2.45, 2.75) is 25.1 Å². The Balaban J connectivity index is 1.68. The highest BCUT2D eigenvalue weighted by Crippen LogP contribution is 2.33. The molecule has 2 heterocycles. The zero-order valence-electron chi connectivity index (χ0n) is 11.9. The second-order valence-electron chi connectivity index (χ2n) is 5.44. The molecule has 2 aromatic heterocycles. The van der Waals surface area contributed by atoms with E-state index in [1.54, 1.807) is 6.07 Å². The van der Waals surface area contributed by atoms with Gasteiger partial charge in [-0.3, -0.25) is 0 Å². The van der Waals surface area contributed by atoms with E-state index in [0.717, 1.165) is 22.9 Å². The van der Waals surface area contributed by atoms with E-state index in [-0.39, 0.29) is 11.7 Å². The summed E-state index contributed by atoms with van der Waals surface area (Å²) in [4.78, 5) is 0. The highest BCUT2D eigenvalue weighted by Gasteiger charge is 2.37. The average molecular weight is 319 g/mol. The van der Waals surface area contributed by atoms with Crippen molar-refractivity contribution >= 4 is 11.5 Å². The van der Waals surface area contributed by atoms with Gasteiger partial charge in [0.15, 0.2) is 5.65 Å². The number of alkyl halides is 3. The molecular formula is C15H12F3N5. The second-order valence-corrected chi connectivity index (χ2v) is 5.44. The molecule has 1 aliphatic rings. The molecule has 1 aromatic carbocycles. The predicted octanol–water partition coefficient (Wildman–Crippen LogP) is 3.24. The van der Waals surface area contributed by atoms with Crippen molar-refractivity contribution in [1.82, 2.24) is 19.8 Å². The van der Waals surface area contributed by atoms with Crippen LogP contribution in [-0.4, -0.2) is 19.8 Å². The molecule has 4 rings (SSSR count). The molecule has 1 aliphatic carbocycles. The molecule has 0 saturated heterocycles. The first-order valence-electron chi connectivity index (χ1n) is 7.16. The molecule has 1 atom stereocenters. The number of anilines is 1. The van der Waals surface area contributed by atoms with Gasteiger partial charge in [-0.15, -0.1) is 15.3 Å². The Bertz CT molecular complexity index is 871. The van der Waals surface area contributed by atoms with Crippen LogP contribution in [0.2, 0.25) is 0 Å². The van der Waals surface area contributed by atoms with Gasteiger partial charge in [0.2, 0.25) is 0 Å². The minimum atomic E-state index is -4.59. The average Bonchev–Trinajstić information content (AvgIpc) is 3.11. The molecule has 0 amide bonds. The van der Waals surface area contributed by atoms with Crippen LogP contribution in [0.1, 0.15) is 29.4 Å². The Labute approximate surface area is 129 Å². The summed E-state index contributed by atoms with van der Waals surface area (Å²) < 4.78 is 39.4. The van der Waals surface area contributed by atoms with E-state index in [9.17, 15) is 13.2 Å². The summed E-state index contributed by atoms with van der Waals surface area (Å²) in [6, 6.07) is 11.2. The lowest BCUT2D eigenvalue weighted by Crippen LogP contribution is -2.14. The molecule has 0 saturated carbocycles. The van der Waals surface area contributed by atoms with Gasteiger partial charge in [-0.1, -0.05) is 24.3 Å². The number of halogens is 3. The molecule has 1 N–H and O–H groups in total. The molecule has 0 spiro atoms. The molecule has 0 fully saturated rings. The lowest BCUT2D eigenvalue weighted by atomic mass is 10.1. The molecule has 0 radical (unpaired) electrons. The smallest absolute Gasteiger partial charge is 0.362 e. The standard InChI is InChI=1S/C15H12F3N5/c16-15(17,18)14-21-20-13-8-7-12(22-23(13)14)19-11-6-5-9-3-1-2-4-10(9)11/h1-4,7-8,11H,5-6H2,(H,19,22)/t11-/m0/s1. The van der Waals surface area contributed by atoms with Crippen molar-refractivity contribution in [1.29, 1.82) is 0 Å². The van der Waals surface area contributed by atoms with Gasteiger partial charge in [0, 0.05) is 0 Å². The Hall–Kier alpha value is -2.64. The summed E-state index contributed by atoms with van der Waals surface area (Å²) in [6.45, 7) is 0. The number of rotatable bonds is 2. The minimum absolute atomic E-state index is 0.0435. The highest BCUT2D eigenvalue weighted by atomic mass is 19.4. The Kier molecular flexibility index (Phi) is 3.00. The summed E-state index contributed by atoms with van der Waals surface area (Å²) in [5.41, 5.74) is 2.48. The fraction of sp³-hybridized carbons (Fsp3) is 0.267. The third kappa shape index (κ3) is 2.39. The van der Waals surface area contributed by atoms with Crippen molar-refractivity contribution in [2.75, 3.05) is 5.32 Å². The van der Waals surface area contributed by atoms with Gasteiger partial charge in [-0.05, 0) is 36.1 Å². The number of hydrogen-bond acceptors (Lipinski definition) is 4. The summed E-state index contributed by atoms with van der Waals surface area (Å²) in [6.07, 6.45) is -2.77. The van der Waals surface area contributed by atoms with Gasteiger partial charge in [0.25, 0.3) is 5.82 Å². The van der Waals surface area contributed by atoms with Crippen LogP contribution in [0.3, 0.4) is 0 Å². The number of aryl methyl sites for hydroxylation is 1. The fourth-order valence-electron chi connectivity index (χ4n) is 2.93. The van der Waals surface area contributed by atoms with E-state index >= 15 is 0 Å². The summed E-state index contributed by atoms with van der Waals surface area (Å²) in [5.74, 6) is -0.757.